The number of pyridine rings is 1. The van der Waals surface area contributed by atoms with Crippen molar-refractivity contribution >= 4 is 17.2 Å². The minimum absolute atomic E-state index is 0.106. The van der Waals surface area contributed by atoms with Gasteiger partial charge in [-0.1, -0.05) is 18.2 Å². The van der Waals surface area contributed by atoms with E-state index >= 15 is 0 Å². The van der Waals surface area contributed by atoms with Crippen molar-refractivity contribution in [1.82, 2.24) is 20.2 Å². The van der Waals surface area contributed by atoms with E-state index in [1.165, 1.54) is 17.4 Å². The number of nitrogens with zero attached hydrogens (tertiary/aromatic N) is 3. The van der Waals surface area contributed by atoms with E-state index in [4.69, 9.17) is 0 Å². The molecule has 1 fully saturated rings. The third-order valence-corrected chi connectivity index (χ3v) is 6.20. The standard InChI is InChI=1S/C22H22F2N4OS/c23-17-7-3-5-15(19(17)24)13-28-11-4-6-16(14-28)20(22-26-10-12-30-22)27-21(29)18-8-1-2-9-25-18/h1-3,5,7-10,12,16,20H,4,6,11,13-14H2,(H,27,29)/t16-,20+/m1/s1. The molecule has 0 unspecified atom stereocenters. The van der Waals surface area contributed by atoms with Crippen LogP contribution in [0.25, 0.3) is 0 Å². The highest BCUT2D eigenvalue weighted by Gasteiger charge is 2.32. The Balaban J connectivity index is 1.50. The number of nitrogens with one attached hydrogen (secondary N) is 1. The van der Waals surface area contributed by atoms with Gasteiger partial charge in [-0.2, -0.15) is 0 Å². The van der Waals surface area contributed by atoms with Crippen molar-refractivity contribution in [3.05, 3.63) is 82.1 Å². The first-order chi connectivity index (χ1) is 14.6. The molecule has 2 atom stereocenters. The topological polar surface area (TPSA) is 58.1 Å². The first-order valence-corrected chi connectivity index (χ1v) is 10.8. The molecule has 1 saturated heterocycles. The van der Waals surface area contributed by atoms with Crippen LogP contribution in [0, 0.1) is 17.6 Å². The second-order valence-electron chi connectivity index (χ2n) is 7.39. The highest BCUT2D eigenvalue weighted by atomic mass is 32.1. The number of hydrogen-bond acceptors (Lipinski definition) is 5. The smallest absolute Gasteiger partial charge is 0.270 e. The minimum atomic E-state index is -0.829. The molecule has 1 aliphatic rings. The average Bonchev–Trinajstić information content (AvgIpc) is 3.30. The van der Waals surface area contributed by atoms with Gasteiger partial charge in [-0.25, -0.2) is 13.8 Å². The summed E-state index contributed by atoms with van der Waals surface area (Å²) in [6, 6.07) is 9.22. The van der Waals surface area contributed by atoms with Crippen LogP contribution in [0.4, 0.5) is 8.78 Å². The molecule has 0 bridgehead atoms. The summed E-state index contributed by atoms with van der Waals surface area (Å²) in [5.74, 6) is -1.76. The Bertz CT molecular complexity index is 984. The molecule has 0 spiro atoms. The Labute approximate surface area is 177 Å². The van der Waals surface area contributed by atoms with Crippen LogP contribution in [0.1, 0.15) is 39.9 Å². The number of likely N-dealkylation sites (tertiary alicyclic amines) is 1. The number of halogens is 2. The van der Waals surface area contributed by atoms with E-state index in [9.17, 15) is 13.6 Å². The number of rotatable bonds is 6. The van der Waals surface area contributed by atoms with E-state index < -0.39 is 11.6 Å². The lowest BCUT2D eigenvalue weighted by Gasteiger charge is -2.36. The van der Waals surface area contributed by atoms with Crippen LogP contribution in [0.2, 0.25) is 0 Å². The summed E-state index contributed by atoms with van der Waals surface area (Å²) in [6.45, 7) is 1.78. The zero-order chi connectivity index (χ0) is 20.9. The van der Waals surface area contributed by atoms with Crippen LogP contribution in [-0.4, -0.2) is 33.9 Å². The van der Waals surface area contributed by atoms with E-state index in [-0.39, 0.29) is 17.9 Å². The first kappa shape index (κ1) is 20.6. The van der Waals surface area contributed by atoms with Crippen LogP contribution in [-0.2, 0) is 6.54 Å². The molecule has 5 nitrogen and oxygen atoms in total. The molecule has 4 rings (SSSR count). The fourth-order valence-electron chi connectivity index (χ4n) is 3.90. The maximum atomic E-state index is 14.1. The van der Waals surface area contributed by atoms with E-state index in [1.54, 1.807) is 36.7 Å². The molecule has 1 aliphatic heterocycles. The average molecular weight is 429 g/mol. The van der Waals surface area contributed by atoms with Gasteiger partial charge in [-0.15, -0.1) is 11.3 Å². The fourth-order valence-corrected chi connectivity index (χ4v) is 4.68. The summed E-state index contributed by atoms with van der Waals surface area (Å²) in [4.78, 5) is 23.4. The number of amides is 1. The van der Waals surface area contributed by atoms with Gasteiger partial charge in [0.05, 0.1) is 6.04 Å². The molecule has 3 aromatic rings. The van der Waals surface area contributed by atoms with Crippen molar-refractivity contribution in [3.63, 3.8) is 0 Å². The molecule has 0 radical (unpaired) electrons. The molecule has 8 heteroatoms. The number of aromatic nitrogens is 2. The third-order valence-electron chi connectivity index (χ3n) is 5.34. The van der Waals surface area contributed by atoms with Crippen molar-refractivity contribution in [2.45, 2.75) is 25.4 Å². The highest BCUT2D eigenvalue weighted by molar-refractivity contribution is 7.09. The monoisotopic (exact) mass is 428 g/mol. The lowest BCUT2D eigenvalue weighted by atomic mass is 9.90. The summed E-state index contributed by atoms with van der Waals surface area (Å²) in [5.41, 5.74) is 0.701. The number of piperidine rings is 1. The maximum absolute atomic E-state index is 14.1. The normalized spacial score (nSPS) is 18.1. The predicted octanol–water partition coefficient (Wildman–Crippen LogP) is 4.20. The summed E-state index contributed by atoms with van der Waals surface area (Å²) >= 11 is 1.50. The van der Waals surface area contributed by atoms with Gasteiger partial charge in [-0.05, 0) is 43.5 Å². The van der Waals surface area contributed by atoms with E-state index in [0.29, 0.717) is 24.3 Å². The molecule has 1 N–H and O–H groups in total. The Morgan fingerprint density at radius 3 is 2.87 bits per heavy atom. The highest BCUT2D eigenvalue weighted by Crippen LogP contribution is 2.32. The van der Waals surface area contributed by atoms with Crippen LogP contribution >= 0.6 is 11.3 Å². The molecule has 1 aromatic carbocycles. The quantitative estimate of drug-likeness (QED) is 0.639. The van der Waals surface area contributed by atoms with Gasteiger partial charge < -0.3 is 5.32 Å². The Kier molecular flexibility index (Phi) is 6.44. The molecule has 3 heterocycles. The molecule has 0 aliphatic carbocycles. The maximum Gasteiger partial charge on any atom is 0.270 e. The van der Waals surface area contributed by atoms with Crippen molar-refractivity contribution in [2.24, 2.45) is 5.92 Å². The van der Waals surface area contributed by atoms with Crippen LogP contribution in [0.3, 0.4) is 0 Å². The Hall–Kier alpha value is -2.71. The summed E-state index contributed by atoms with van der Waals surface area (Å²) in [6.07, 6.45) is 5.13. The molecule has 156 valence electrons. The molecule has 2 aromatic heterocycles. The van der Waals surface area contributed by atoms with Gasteiger partial charge in [0.25, 0.3) is 5.91 Å². The van der Waals surface area contributed by atoms with Crippen LogP contribution in [0.5, 0.6) is 0 Å². The van der Waals surface area contributed by atoms with Gasteiger partial charge in [0.2, 0.25) is 0 Å². The first-order valence-electron chi connectivity index (χ1n) is 9.88. The van der Waals surface area contributed by atoms with Crippen molar-refractivity contribution in [2.75, 3.05) is 13.1 Å². The predicted molar refractivity (Wildman–Crippen MR) is 111 cm³/mol. The number of carbonyl (C=O) groups excluding carboxylic acids is 1. The van der Waals surface area contributed by atoms with Crippen molar-refractivity contribution in [1.29, 1.82) is 0 Å². The second kappa shape index (κ2) is 9.40. The van der Waals surface area contributed by atoms with Crippen molar-refractivity contribution < 1.29 is 13.6 Å². The van der Waals surface area contributed by atoms with Crippen LogP contribution < -0.4 is 5.32 Å². The minimum Gasteiger partial charge on any atom is -0.341 e. The second-order valence-corrected chi connectivity index (χ2v) is 8.31. The van der Waals surface area contributed by atoms with E-state index in [1.807, 2.05) is 5.38 Å². The molecular formula is C22H22F2N4OS. The van der Waals surface area contributed by atoms with Gasteiger partial charge in [0.15, 0.2) is 11.6 Å². The Morgan fingerprint density at radius 2 is 2.10 bits per heavy atom. The van der Waals surface area contributed by atoms with E-state index in [0.717, 1.165) is 30.5 Å². The Morgan fingerprint density at radius 1 is 1.20 bits per heavy atom. The van der Waals surface area contributed by atoms with Gasteiger partial charge in [0.1, 0.15) is 10.7 Å². The summed E-state index contributed by atoms with van der Waals surface area (Å²) in [7, 11) is 0. The summed E-state index contributed by atoms with van der Waals surface area (Å²) < 4.78 is 27.7. The van der Waals surface area contributed by atoms with Gasteiger partial charge in [0, 0.05) is 36.4 Å². The van der Waals surface area contributed by atoms with Gasteiger partial charge >= 0.3 is 0 Å². The molecular weight excluding hydrogens is 406 g/mol. The number of benzene rings is 1. The van der Waals surface area contributed by atoms with Crippen LogP contribution in [0.15, 0.2) is 54.2 Å². The zero-order valence-corrected chi connectivity index (χ0v) is 17.1. The largest absolute Gasteiger partial charge is 0.341 e. The number of hydrogen-bond donors (Lipinski definition) is 1. The third kappa shape index (κ3) is 4.71. The number of carbonyl (C=O) groups is 1. The fraction of sp³-hybridized carbons (Fsp3) is 0.318. The van der Waals surface area contributed by atoms with E-state index in [2.05, 4.69) is 20.2 Å². The lowest BCUT2D eigenvalue weighted by Crippen LogP contribution is -2.43. The summed E-state index contributed by atoms with van der Waals surface area (Å²) in [5, 5.41) is 5.82. The number of thiazole rings is 1. The van der Waals surface area contributed by atoms with Gasteiger partial charge in [-0.3, -0.25) is 14.7 Å². The molecule has 30 heavy (non-hydrogen) atoms. The molecule has 0 saturated carbocycles. The SMILES string of the molecule is O=C(N[C@H](c1nccs1)[C@@H]1CCCN(Cc2cccc(F)c2F)C1)c1ccccn1. The zero-order valence-electron chi connectivity index (χ0n) is 16.3. The lowest BCUT2D eigenvalue weighted by molar-refractivity contribution is 0.0872. The van der Waals surface area contributed by atoms with Crippen molar-refractivity contribution in [3.8, 4) is 0 Å². The molecule has 1 amide bonds.